The molecule has 2 N–H and O–H groups in total. The van der Waals surface area contributed by atoms with E-state index < -0.39 is 0 Å². The number of hydrogen-bond acceptors (Lipinski definition) is 4. The van der Waals surface area contributed by atoms with Crippen molar-refractivity contribution in [3.63, 3.8) is 0 Å². The number of rotatable bonds is 2. The quantitative estimate of drug-likeness (QED) is 0.788. The van der Waals surface area contributed by atoms with Crippen LogP contribution in [0, 0.1) is 27.7 Å². The number of nitrogens with zero attached hydrogens (tertiary/aromatic N) is 4. The zero-order valence-corrected chi connectivity index (χ0v) is 13.3. The van der Waals surface area contributed by atoms with Gasteiger partial charge in [0.1, 0.15) is 5.82 Å². The minimum atomic E-state index is 0.501. The fraction of sp³-hybridized carbons (Fsp3) is 0.235. The highest BCUT2D eigenvalue weighted by molar-refractivity contribution is 5.64. The van der Waals surface area contributed by atoms with Gasteiger partial charge in [0.05, 0.1) is 11.4 Å². The molecule has 0 bridgehead atoms. The first kappa shape index (κ1) is 14.3. The summed E-state index contributed by atoms with van der Waals surface area (Å²) in [5.74, 6) is 1.04. The lowest BCUT2D eigenvalue weighted by molar-refractivity contribution is 0.800. The van der Waals surface area contributed by atoms with E-state index in [4.69, 9.17) is 5.73 Å². The van der Waals surface area contributed by atoms with E-state index >= 15 is 0 Å². The van der Waals surface area contributed by atoms with Gasteiger partial charge >= 0.3 is 0 Å². The average molecular weight is 293 g/mol. The Morgan fingerprint density at radius 1 is 0.909 bits per heavy atom. The van der Waals surface area contributed by atoms with Gasteiger partial charge < -0.3 is 5.73 Å². The van der Waals surface area contributed by atoms with Crippen LogP contribution in [-0.2, 0) is 0 Å². The van der Waals surface area contributed by atoms with Crippen LogP contribution in [0.25, 0.3) is 17.2 Å². The Morgan fingerprint density at radius 3 is 2.32 bits per heavy atom. The van der Waals surface area contributed by atoms with Gasteiger partial charge in [-0.15, -0.1) is 0 Å². The van der Waals surface area contributed by atoms with Gasteiger partial charge in [0.2, 0.25) is 0 Å². The van der Waals surface area contributed by atoms with E-state index in [1.54, 1.807) is 4.68 Å². The van der Waals surface area contributed by atoms with Crippen molar-refractivity contribution in [3.05, 3.63) is 52.8 Å². The smallest absolute Gasteiger partial charge is 0.253 e. The van der Waals surface area contributed by atoms with Crippen molar-refractivity contribution in [2.45, 2.75) is 27.7 Å². The zero-order chi connectivity index (χ0) is 15.9. The lowest BCUT2D eigenvalue weighted by Gasteiger charge is -2.10. The summed E-state index contributed by atoms with van der Waals surface area (Å²) in [5, 5.41) is 4.36. The van der Waals surface area contributed by atoms with Gasteiger partial charge in [0.25, 0.3) is 5.95 Å². The maximum Gasteiger partial charge on any atom is 0.253 e. The summed E-state index contributed by atoms with van der Waals surface area (Å²) in [6.07, 6.45) is 0. The molecule has 22 heavy (non-hydrogen) atoms. The Morgan fingerprint density at radius 2 is 1.68 bits per heavy atom. The fourth-order valence-electron chi connectivity index (χ4n) is 2.57. The Balaban J connectivity index is 2.16. The van der Waals surface area contributed by atoms with Gasteiger partial charge in [0.15, 0.2) is 0 Å². The van der Waals surface area contributed by atoms with Crippen LogP contribution in [0.5, 0.6) is 0 Å². The molecule has 3 rings (SSSR count). The summed E-state index contributed by atoms with van der Waals surface area (Å²) in [6.45, 7) is 8.02. The van der Waals surface area contributed by atoms with Crippen molar-refractivity contribution >= 4 is 5.82 Å². The maximum absolute atomic E-state index is 5.98. The lowest BCUT2D eigenvalue weighted by atomic mass is 10.0. The molecule has 5 nitrogen and oxygen atoms in total. The van der Waals surface area contributed by atoms with Gasteiger partial charge in [-0.2, -0.15) is 9.78 Å². The van der Waals surface area contributed by atoms with Crippen LogP contribution < -0.4 is 5.73 Å². The van der Waals surface area contributed by atoms with Gasteiger partial charge in [-0.1, -0.05) is 23.8 Å². The van der Waals surface area contributed by atoms with E-state index in [1.165, 1.54) is 11.1 Å². The molecular weight excluding hydrogens is 274 g/mol. The highest BCUT2D eigenvalue weighted by Gasteiger charge is 2.11. The van der Waals surface area contributed by atoms with Gasteiger partial charge in [-0.25, -0.2) is 9.97 Å². The third kappa shape index (κ3) is 2.57. The summed E-state index contributed by atoms with van der Waals surface area (Å²) in [7, 11) is 0. The standard InChI is InChI=1S/C17H19N5/c1-10-5-6-14(11(2)7-10)15-8-12(3)19-17(20-15)22-16(18)9-13(4)21-22/h5-9H,18H2,1-4H3. The van der Waals surface area contributed by atoms with Gasteiger partial charge in [0, 0.05) is 17.3 Å². The van der Waals surface area contributed by atoms with E-state index in [0.29, 0.717) is 11.8 Å². The first-order valence-electron chi connectivity index (χ1n) is 7.20. The van der Waals surface area contributed by atoms with Crippen LogP contribution >= 0.6 is 0 Å². The van der Waals surface area contributed by atoms with E-state index in [1.807, 2.05) is 26.0 Å². The Labute approximate surface area is 129 Å². The largest absolute Gasteiger partial charge is 0.383 e. The van der Waals surface area contributed by atoms with Gasteiger partial charge in [-0.3, -0.25) is 0 Å². The van der Waals surface area contributed by atoms with Crippen LogP contribution in [0.4, 0.5) is 5.82 Å². The predicted molar refractivity (Wildman–Crippen MR) is 88.0 cm³/mol. The number of nitrogen functional groups attached to an aromatic ring is 1. The average Bonchev–Trinajstić information content (AvgIpc) is 2.77. The van der Waals surface area contributed by atoms with Crippen LogP contribution in [0.3, 0.4) is 0 Å². The minimum Gasteiger partial charge on any atom is -0.383 e. The second-order valence-corrected chi connectivity index (χ2v) is 5.64. The Hall–Kier alpha value is -2.69. The molecule has 3 aromatic rings. The molecule has 112 valence electrons. The first-order chi connectivity index (χ1) is 10.4. The summed E-state index contributed by atoms with van der Waals surface area (Å²) in [6, 6.07) is 10.1. The second-order valence-electron chi connectivity index (χ2n) is 5.64. The molecule has 0 aliphatic carbocycles. The van der Waals surface area contributed by atoms with E-state index in [9.17, 15) is 0 Å². The SMILES string of the molecule is Cc1ccc(-c2cc(C)nc(-n3nc(C)cc3N)n2)c(C)c1. The monoisotopic (exact) mass is 293 g/mol. The molecule has 5 heteroatoms. The molecule has 2 heterocycles. The van der Waals surface area contributed by atoms with Crippen molar-refractivity contribution in [2.75, 3.05) is 5.73 Å². The Kier molecular flexibility index (Phi) is 3.41. The van der Waals surface area contributed by atoms with Crippen molar-refractivity contribution in [2.24, 2.45) is 0 Å². The highest BCUT2D eigenvalue weighted by atomic mass is 15.4. The predicted octanol–water partition coefficient (Wildman–Crippen LogP) is 3.15. The Bertz CT molecular complexity index is 848. The molecule has 2 aromatic heterocycles. The summed E-state index contributed by atoms with van der Waals surface area (Å²) >= 11 is 0. The molecule has 0 aliphatic rings. The molecule has 0 saturated carbocycles. The number of benzene rings is 1. The van der Waals surface area contributed by atoms with Crippen molar-refractivity contribution in [1.82, 2.24) is 19.7 Å². The molecule has 0 spiro atoms. The number of aromatic nitrogens is 4. The second kappa shape index (κ2) is 5.26. The third-order valence-corrected chi connectivity index (χ3v) is 3.55. The number of nitrogens with two attached hydrogens (primary N) is 1. The van der Waals surface area contributed by atoms with Crippen molar-refractivity contribution in [1.29, 1.82) is 0 Å². The lowest BCUT2D eigenvalue weighted by Crippen LogP contribution is -2.08. The van der Waals surface area contributed by atoms with E-state index in [-0.39, 0.29) is 0 Å². The van der Waals surface area contributed by atoms with Crippen LogP contribution in [0.15, 0.2) is 30.3 Å². The first-order valence-corrected chi connectivity index (χ1v) is 7.20. The zero-order valence-electron chi connectivity index (χ0n) is 13.3. The van der Waals surface area contributed by atoms with Crippen molar-refractivity contribution < 1.29 is 0 Å². The minimum absolute atomic E-state index is 0.501. The molecule has 1 aromatic carbocycles. The molecule has 0 unspecified atom stereocenters. The topological polar surface area (TPSA) is 69.6 Å². The fourth-order valence-corrected chi connectivity index (χ4v) is 2.57. The summed E-state index contributed by atoms with van der Waals surface area (Å²) < 4.78 is 1.58. The normalized spacial score (nSPS) is 10.9. The molecule has 0 saturated heterocycles. The van der Waals surface area contributed by atoms with E-state index in [2.05, 4.69) is 47.1 Å². The summed E-state index contributed by atoms with van der Waals surface area (Å²) in [5.41, 5.74) is 12.1. The van der Waals surface area contributed by atoms with Crippen LogP contribution in [-0.4, -0.2) is 19.7 Å². The van der Waals surface area contributed by atoms with Crippen LogP contribution in [0.2, 0.25) is 0 Å². The maximum atomic E-state index is 5.98. The molecule has 0 aliphatic heterocycles. The molecule has 0 radical (unpaired) electrons. The number of aryl methyl sites for hydroxylation is 4. The number of hydrogen-bond donors (Lipinski definition) is 1. The molecule has 0 amide bonds. The number of anilines is 1. The molecular formula is C17H19N5. The summed E-state index contributed by atoms with van der Waals surface area (Å²) in [4.78, 5) is 9.11. The van der Waals surface area contributed by atoms with Gasteiger partial charge in [-0.05, 0) is 39.3 Å². The molecule has 0 atom stereocenters. The highest BCUT2D eigenvalue weighted by Crippen LogP contribution is 2.24. The van der Waals surface area contributed by atoms with E-state index in [0.717, 1.165) is 22.6 Å². The van der Waals surface area contributed by atoms with Crippen LogP contribution in [0.1, 0.15) is 22.5 Å². The third-order valence-electron chi connectivity index (χ3n) is 3.55. The van der Waals surface area contributed by atoms with Crippen molar-refractivity contribution in [3.8, 4) is 17.2 Å². The molecule has 0 fully saturated rings.